The first kappa shape index (κ1) is 17.0. The minimum Gasteiger partial charge on any atom is -0.439 e. The Balaban J connectivity index is 1.74. The molecule has 2 aromatic heterocycles. The Morgan fingerprint density at radius 3 is 2.41 bits per heavy atom. The largest absolute Gasteiger partial charge is 0.439 e. The van der Waals surface area contributed by atoms with Crippen molar-refractivity contribution in [3.63, 3.8) is 0 Å². The minimum absolute atomic E-state index is 0.0869. The van der Waals surface area contributed by atoms with Gasteiger partial charge in [0.05, 0.1) is 6.20 Å². The van der Waals surface area contributed by atoms with Gasteiger partial charge in [0.1, 0.15) is 23.5 Å². The molecule has 2 atom stereocenters. The molecule has 1 aliphatic rings. The first-order valence-electron chi connectivity index (χ1n) is 7.99. The maximum atomic E-state index is 14.2. The monoisotopic (exact) mass is 371 g/mol. The van der Waals surface area contributed by atoms with Crippen LogP contribution in [-0.2, 0) is 4.74 Å². The van der Waals surface area contributed by atoms with Crippen LogP contribution >= 0.6 is 0 Å². The first-order chi connectivity index (χ1) is 13.0. The number of halogens is 3. The van der Waals surface area contributed by atoms with Gasteiger partial charge in [-0.3, -0.25) is 9.97 Å². The molecule has 0 spiro atoms. The Labute approximate surface area is 151 Å². The molecule has 8 heteroatoms. The summed E-state index contributed by atoms with van der Waals surface area (Å²) in [6, 6.07) is 5.11. The summed E-state index contributed by atoms with van der Waals surface area (Å²) in [4.78, 5) is 19.7. The van der Waals surface area contributed by atoms with E-state index in [4.69, 9.17) is 4.74 Å². The SMILES string of the molecule is O=C1N[C@H](c2cncc(-c3cncc(F)c3)c2)[C@@H](c2cc(F)ccc2F)O1. The predicted octanol–water partition coefficient (Wildman–Crippen LogP) is 4.08. The number of nitrogens with one attached hydrogen (secondary N) is 1. The van der Waals surface area contributed by atoms with Crippen molar-refractivity contribution in [3.8, 4) is 11.1 Å². The molecule has 4 rings (SSSR count). The van der Waals surface area contributed by atoms with Crippen molar-refractivity contribution in [2.24, 2.45) is 0 Å². The van der Waals surface area contributed by atoms with Gasteiger partial charge in [-0.1, -0.05) is 0 Å². The number of rotatable bonds is 3. The molecule has 0 bridgehead atoms. The summed E-state index contributed by atoms with van der Waals surface area (Å²) in [5.74, 6) is -1.85. The van der Waals surface area contributed by atoms with Crippen molar-refractivity contribution in [3.05, 3.63) is 83.7 Å². The molecule has 1 amide bonds. The second-order valence-electron chi connectivity index (χ2n) is 6.01. The quantitative estimate of drug-likeness (QED) is 0.753. The average Bonchev–Trinajstić information content (AvgIpc) is 3.05. The Morgan fingerprint density at radius 2 is 1.63 bits per heavy atom. The van der Waals surface area contributed by atoms with Gasteiger partial charge in [0.15, 0.2) is 6.10 Å². The van der Waals surface area contributed by atoms with Crippen LogP contribution in [0.5, 0.6) is 0 Å². The second kappa shape index (κ2) is 6.71. The summed E-state index contributed by atoms with van der Waals surface area (Å²) >= 11 is 0. The van der Waals surface area contributed by atoms with Gasteiger partial charge in [0.25, 0.3) is 0 Å². The summed E-state index contributed by atoms with van der Waals surface area (Å²) in [5, 5.41) is 2.58. The zero-order valence-electron chi connectivity index (χ0n) is 13.7. The third-order valence-corrected chi connectivity index (χ3v) is 4.23. The Hall–Kier alpha value is -3.42. The van der Waals surface area contributed by atoms with Gasteiger partial charge in [-0.15, -0.1) is 0 Å². The summed E-state index contributed by atoms with van der Waals surface area (Å²) in [6.45, 7) is 0. The number of cyclic esters (lactones) is 1. The molecule has 0 radical (unpaired) electrons. The fourth-order valence-electron chi connectivity index (χ4n) is 3.01. The van der Waals surface area contributed by atoms with Gasteiger partial charge >= 0.3 is 6.09 Å². The molecular weight excluding hydrogens is 359 g/mol. The summed E-state index contributed by atoms with van der Waals surface area (Å²) in [7, 11) is 0. The van der Waals surface area contributed by atoms with Crippen LogP contribution < -0.4 is 5.32 Å². The summed E-state index contributed by atoms with van der Waals surface area (Å²) < 4.78 is 46.3. The normalized spacial score (nSPS) is 18.9. The van der Waals surface area contributed by atoms with Gasteiger partial charge in [0, 0.05) is 35.3 Å². The number of amides is 1. The molecule has 3 heterocycles. The van der Waals surface area contributed by atoms with Crippen LogP contribution in [-0.4, -0.2) is 16.1 Å². The lowest BCUT2D eigenvalue weighted by Gasteiger charge is -2.18. The van der Waals surface area contributed by atoms with Crippen molar-refractivity contribution in [2.45, 2.75) is 12.1 Å². The minimum atomic E-state index is -1.07. The van der Waals surface area contributed by atoms with Gasteiger partial charge < -0.3 is 10.1 Å². The van der Waals surface area contributed by atoms with Crippen molar-refractivity contribution in [1.82, 2.24) is 15.3 Å². The highest BCUT2D eigenvalue weighted by molar-refractivity contribution is 5.71. The highest BCUT2D eigenvalue weighted by Crippen LogP contribution is 2.38. The van der Waals surface area contributed by atoms with Crippen LogP contribution in [0.4, 0.5) is 18.0 Å². The fraction of sp³-hybridized carbons (Fsp3) is 0.105. The number of nitrogens with zero attached hydrogens (tertiary/aromatic N) is 2. The highest BCUT2D eigenvalue weighted by Gasteiger charge is 2.38. The highest BCUT2D eigenvalue weighted by atomic mass is 19.1. The van der Waals surface area contributed by atoms with Crippen LogP contribution in [0.2, 0.25) is 0 Å². The van der Waals surface area contributed by atoms with E-state index in [0.717, 1.165) is 24.4 Å². The third kappa shape index (κ3) is 3.33. The van der Waals surface area contributed by atoms with Crippen LogP contribution in [0.1, 0.15) is 23.3 Å². The van der Waals surface area contributed by atoms with Crippen molar-refractivity contribution >= 4 is 6.09 Å². The molecule has 1 N–H and O–H groups in total. The van der Waals surface area contributed by atoms with E-state index < -0.39 is 35.7 Å². The number of ether oxygens (including phenoxy) is 1. The average molecular weight is 371 g/mol. The molecule has 5 nitrogen and oxygen atoms in total. The summed E-state index contributed by atoms with van der Waals surface area (Å²) in [5.41, 5.74) is 1.45. The van der Waals surface area contributed by atoms with Crippen LogP contribution in [0.25, 0.3) is 11.1 Å². The lowest BCUT2D eigenvalue weighted by molar-refractivity contribution is 0.130. The van der Waals surface area contributed by atoms with Gasteiger partial charge in [-0.25, -0.2) is 18.0 Å². The van der Waals surface area contributed by atoms with Crippen LogP contribution in [0.15, 0.2) is 55.1 Å². The number of alkyl carbamates (subject to hydrolysis) is 1. The van der Waals surface area contributed by atoms with E-state index in [-0.39, 0.29) is 5.56 Å². The van der Waals surface area contributed by atoms with Crippen LogP contribution in [0.3, 0.4) is 0 Å². The van der Waals surface area contributed by atoms with E-state index in [9.17, 15) is 18.0 Å². The maximum absolute atomic E-state index is 14.2. The van der Waals surface area contributed by atoms with Crippen LogP contribution in [0, 0.1) is 17.5 Å². The zero-order chi connectivity index (χ0) is 19.0. The topological polar surface area (TPSA) is 64.1 Å². The lowest BCUT2D eigenvalue weighted by Crippen LogP contribution is -2.20. The fourth-order valence-corrected chi connectivity index (χ4v) is 3.01. The molecule has 136 valence electrons. The second-order valence-corrected chi connectivity index (χ2v) is 6.01. The number of hydrogen-bond donors (Lipinski definition) is 1. The molecule has 27 heavy (non-hydrogen) atoms. The smallest absolute Gasteiger partial charge is 0.408 e. The summed E-state index contributed by atoms with van der Waals surface area (Å²) in [6.07, 6.45) is 3.70. The number of carbonyl (C=O) groups is 1. The number of aromatic nitrogens is 2. The standard InChI is InChI=1S/C19H12F3N3O2/c20-13-1-2-16(22)15(5-13)18-17(25-19(26)27-18)12-3-10(6-23-8-12)11-4-14(21)9-24-7-11/h1-9,17-18H,(H,25,26)/t17-,18-/m1/s1. The molecule has 1 aromatic carbocycles. The van der Waals surface area contributed by atoms with Crippen molar-refractivity contribution < 1.29 is 22.7 Å². The molecule has 0 aliphatic carbocycles. The lowest BCUT2D eigenvalue weighted by atomic mass is 9.95. The number of hydrogen-bond acceptors (Lipinski definition) is 4. The molecule has 1 saturated heterocycles. The number of pyridine rings is 2. The molecule has 0 saturated carbocycles. The Bertz CT molecular complexity index is 1030. The molecular formula is C19H12F3N3O2. The van der Waals surface area contributed by atoms with Crippen molar-refractivity contribution in [2.75, 3.05) is 0 Å². The van der Waals surface area contributed by atoms with Gasteiger partial charge in [0.2, 0.25) is 0 Å². The maximum Gasteiger partial charge on any atom is 0.408 e. The predicted molar refractivity (Wildman–Crippen MR) is 88.9 cm³/mol. The first-order valence-corrected chi connectivity index (χ1v) is 7.99. The van der Waals surface area contributed by atoms with Gasteiger partial charge in [-0.05, 0) is 35.9 Å². The van der Waals surface area contributed by atoms with Crippen molar-refractivity contribution in [1.29, 1.82) is 0 Å². The van der Waals surface area contributed by atoms with E-state index >= 15 is 0 Å². The molecule has 3 aromatic rings. The number of benzene rings is 1. The van der Waals surface area contributed by atoms with E-state index in [1.165, 1.54) is 24.7 Å². The third-order valence-electron chi connectivity index (χ3n) is 4.23. The number of carbonyl (C=O) groups excluding carboxylic acids is 1. The van der Waals surface area contributed by atoms with E-state index in [2.05, 4.69) is 15.3 Å². The molecule has 0 unspecified atom stereocenters. The van der Waals surface area contributed by atoms with Gasteiger partial charge in [-0.2, -0.15) is 0 Å². The van der Waals surface area contributed by atoms with E-state index in [1.807, 2.05) is 0 Å². The Morgan fingerprint density at radius 1 is 0.889 bits per heavy atom. The molecule has 1 aliphatic heterocycles. The van der Waals surface area contributed by atoms with E-state index in [0.29, 0.717) is 16.7 Å². The van der Waals surface area contributed by atoms with E-state index in [1.54, 1.807) is 6.07 Å². The zero-order valence-corrected chi connectivity index (χ0v) is 13.7. The Kier molecular flexibility index (Phi) is 4.23. The molecule has 1 fully saturated rings.